The molecule has 14 heavy (non-hydrogen) atoms. The van der Waals surface area contributed by atoms with Gasteiger partial charge in [0.2, 0.25) is 0 Å². The third-order valence-electron chi connectivity index (χ3n) is 3.71. The molecule has 2 fully saturated rings. The van der Waals surface area contributed by atoms with Gasteiger partial charge >= 0.3 is 0 Å². The molecule has 0 aromatic heterocycles. The van der Waals surface area contributed by atoms with E-state index < -0.39 is 5.60 Å². The minimum Gasteiger partial charge on any atom is -0.387 e. The Morgan fingerprint density at radius 2 is 2.21 bits per heavy atom. The Labute approximate surface area is 86.3 Å². The normalized spacial score (nSPS) is 45.0. The van der Waals surface area contributed by atoms with Crippen LogP contribution in [0, 0.1) is 5.92 Å². The summed E-state index contributed by atoms with van der Waals surface area (Å²) < 4.78 is 0. The molecule has 2 aliphatic rings. The molecule has 3 heteroatoms. The van der Waals surface area contributed by atoms with Crippen molar-refractivity contribution in [2.45, 2.75) is 44.2 Å². The standard InChI is InChI=1S/C11H22N2O/c1-9-3-6-13-10(7-9)11(14)4-2-5-12-8-11/h9-10,12-14H,2-8H2,1H3. The second kappa shape index (κ2) is 4.17. The van der Waals surface area contributed by atoms with Gasteiger partial charge in [0, 0.05) is 12.6 Å². The lowest BCUT2D eigenvalue weighted by Crippen LogP contribution is -2.60. The maximum atomic E-state index is 10.5. The van der Waals surface area contributed by atoms with Crippen molar-refractivity contribution in [1.29, 1.82) is 0 Å². The van der Waals surface area contributed by atoms with E-state index in [0.29, 0.717) is 6.04 Å². The van der Waals surface area contributed by atoms with Crippen molar-refractivity contribution in [3.8, 4) is 0 Å². The highest BCUT2D eigenvalue weighted by Gasteiger charge is 2.39. The molecule has 0 spiro atoms. The molecule has 2 aliphatic heterocycles. The Hall–Kier alpha value is -0.120. The van der Waals surface area contributed by atoms with E-state index in [4.69, 9.17) is 0 Å². The highest BCUT2D eigenvalue weighted by Crippen LogP contribution is 2.27. The molecule has 0 amide bonds. The van der Waals surface area contributed by atoms with Crippen molar-refractivity contribution in [1.82, 2.24) is 10.6 Å². The van der Waals surface area contributed by atoms with Crippen LogP contribution in [0.25, 0.3) is 0 Å². The molecule has 0 saturated carbocycles. The van der Waals surface area contributed by atoms with E-state index in [-0.39, 0.29) is 0 Å². The van der Waals surface area contributed by atoms with E-state index in [1.54, 1.807) is 0 Å². The van der Waals surface area contributed by atoms with Gasteiger partial charge in [0.25, 0.3) is 0 Å². The Morgan fingerprint density at radius 3 is 2.86 bits per heavy atom. The number of rotatable bonds is 1. The van der Waals surface area contributed by atoms with Crippen LogP contribution in [-0.2, 0) is 0 Å². The first-order valence-corrected chi connectivity index (χ1v) is 5.87. The third kappa shape index (κ3) is 2.10. The fraction of sp³-hybridized carbons (Fsp3) is 1.00. The van der Waals surface area contributed by atoms with Gasteiger partial charge in [-0.2, -0.15) is 0 Å². The Kier molecular flexibility index (Phi) is 3.10. The fourth-order valence-corrected chi connectivity index (χ4v) is 2.73. The first kappa shape index (κ1) is 10.4. The molecule has 0 radical (unpaired) electrons. The van der Waals surface area contributed by atoms with Gasteiger partial charge in [0.05, 0.1) is 5.60 Å². The molecule has 3 atom stereocenters. The maximum absolute atomic E-state index is 10.5. The smallest absolute Gasteiger partial charge is 0.0924 e. The number of hydrogen-bond donors (Lipinski definition) is 3. The van der Waals surface area contributed by atoms with Crippen molar-refractivity contribution >= 4 is 0 Å². The molecule has 0 bridgehead atoms. The zero-order valence-electron chi connectivity index (χ0n) is 9.05. The quantitative estimate of drug-likeness (QED) is 0.574. The highest BCUT2D eigenvalue weighted by molar-refractivity contribution is 4.97. The molecule has 0 aromatic carbocycles. The molecule has 0 aliphatic carbocycles. The van der Waals surface area contributed by atoms with E-state index in [9.17, 15) is 5.11 Å². The van der Waals surface area contributed by atoms with E-state index in [1.807, 2.05) is 0 Å². The fourth-order valence-electron chi connectivity index (χ4n) is 2.73. The van der Waals surface area contributed by atoms with Crippen LogP contribution in [0.1, 0.15) is 32.6 Å². The lowest BCUT2D eigenvalue weighted by molar-refractivity contribution is -0.0316. The van der Waals surface area contributed by atoms with Gasteiger partial charge in [-0.1, -0.05) is 6.92 Å². The molecule has 2 saturated heterocycles. The zero-order chi connectivity index (χ0) is 10.0. The van der Waals surface area contributed by atoms with Crippen LogP contribution < -0.4 is 10.6 Å². The number of piperidine rings is 2. The van der Waals surface area contributed by atoms with Crippen LogP contribution >= 0.6 is 0 Å². The second-order valence-corrected chi connectivity index (χ2v) is 5.02. The van der Waals surface area contributed by atoms with Crippen LogP contribution in [0.5, 0.6) is 0 Å². The van der Waals surface area contributed by atoms with Gasteiger partial charge in [-0.15, -0.1) is 0 Å². The summed E-state index contributed by atoms with van der Waals surface area (Å²) in [5, 5.41) is 17.3. The van der Waals surface area contributed by atoms with Crippen molar-refractivity contribution in [3.63, 3.8) is 0 Å². The number of β-amino-alcohol motifs (C(OH)–C–C–N with tert-alkyl or cyclic N) is 1. The summed E-state index contributed by atoms with van der Waals surface area (Å²) in [7, 11) is 0. The summed E-state index contributed by atoms with van der Waals surface area (Å²) in [4.78, 5) is 0. The van der Waals surface area contributed by atoms with Gasteiger partial charge in [-0.05, 0) is 44.7 Å². The molecule has 3 unspecified atom stereocenters. The van der Waals surface area contributed by atoms with Gasteiger partial charge in [0.15, 0.2) is 0 Å². The van der Waals surface area contributed by atoms with Crippen molar-refractivity contribution in [3.05, 3.63) is 0 Å². The topological polar surface area (TPSA) is 44.3 Å². The Balaban J connectivity index is 1.97. The molecule has 2 heterocycles. The summed E-state index contributed by atoms with van der Waals surface area (Å²) in [6, 6.07) is 0.305. The van der Waals surface area contributed by atoms with Gasteiger partial charge < -0.3 is 15.7 Å². The summed E-state index contributed by atoms with van der Waals surface area (Å²) in [6.07, 6.45) is 4.42. The highest BCUT2D eigenvalue weighted by atomic mass is 16.3. The van der Waals surface area contributed by atoms with E-state index in [1.165, 1.54) is 6.42 Å². The first-order chi connectivity index (χ1) is 6.71. The van der Waals surface area contributed by atoms with Gasteiger partial charge in [0.1, 0.15) is 0 Å². The first-order valence-electron chi connectivity index (χ1n) is 5.87. The van der Waals surface area contributed by atoms with E-state index in [0.717, 1.165) is 44.8 Å². The number of aliphatic hydroxyl groups is 1. The molecule has 3 nitrogen and oxygen atoms in total. The van der Waals surface area contributed by atoms with E-state index in [2.05, 4.69) is 17.6 Å². The molecule has 0 aromatic rings. The Bertz CT molecular complexity index is 190. The van der Waals surface area contributed by atoms with Crippen molar-refractivity contribution < 1.29 is 5.11 Å². The average molecular weight is 198 g/mol. The molecular weight excluding hydrogens is 176 g/mol. The van der Waals surface area contributed by atoms with Crippen molar-refractivity contribution in [2.24, 2.45) is 5.92 Å². The minimum absolute atomic E-state index is 0.305. The van der Waals surface area contributed by atoms with Gasteiger partial charge in [-0.3, -0.25) is 0 Å². The zero-order valence-corrected chi connectivity index (χ0v) is 9.05. The van der Waals surface area contributed by atoms with Crippen LogP contribution in [0.4, 0.5) is 0 Å². The summed E-state index contributed by atoms with van der Waals surface area (Å²) in [5.41, 5.74) is -0.493. The van der Waals surface area contributed by atoms with Crippen LogP contribution in [-0.4, -0.2) is 36.4 Å². The molecular formula is C11H22N2O. The molecule has 3 N–H and O–H groups in total. The number of nitrogens with one attached hydrogen (secondary N) is 2. The van der Waals surface area contributed by atoms with Crippen LogP contribution in [0.15, 0.2) is 0 Å². The number of hydrogen-bond acceptors (Lipinski definition) is 3. The minimum atomic E-state index is -0.493. The molecule has 2 rings (SSSR count). The van der Waals surface area contributed by atoms with Crippen molar-refractivity contribution in [2.75, 3.05) is 19.6 Å². The summed E-state index contributed by atoms with van der Waals surface area (Å²) >= 11 is 0. The largest absolute Gasteiger partial charge is 0.387 e. The SMILES string of the molecule is CC1CCNC(C2(O)CCCNC2)C1. The Morgan fingerprint density at radius 1 is 1.36 bits per heavy atom. The van der Waals surface area contributed by atoms with Crippen LogP contribution in [0.3, 0.4) is 0 Å². The second-order valence-electron chi connectivity index (χ2n) is 5.02. The monoisotopic (exact) mass is 198 g/mol. The summed E-state index contributed by atoms with van der Waals surface area (Å²) in [5.74, 6) is 0.757. The predicted octanol–water partition coefficient (Wildman–Crippen LogP) is 0.489. The van der Waals surface area contributed by atoms with E-state index >= 15 is 0 Å². The lowest BCUT2D eigenvalue weighted by atomic mass is 9.79. The van der Waals surface area contributed by atoms with Crippen LogP contribution in [0.2, 0.25) is 0 Å². The molecule has 82 valence electrons. The average Bonchev–Trinajstić information content (AvgIpc) is 2.19. The maximum Gasteiger partial charge on any atom is 0.0924 e. The predicted molar refractivity (Wildman–Crippen MR) is 57.2 cm³/mol. The van der Waals surface area contributed by atoms with Gasteiger partial charge in [-0.25, -0.2) is 0 Å². The summed E-state index contributed by atoms with van der Waals surface area (Å²) in [6.45, 7) is 5.17. The lowest BCUT2D eigenvalue weighted by Gasteiger charge is -2.43. The third-order valence-corrected chi connectivity index (χ3v) is 3.71.